The Balaban J connectivity index is 0.00000161. The van der Waals surface area contributed by atoms with Crippen molar-refractivity contribution in [1.82, 2.24) is 15.1 Å². The van der Waals surface area contributed by atoms with Crippen LogP contribution in [0.15, 0.2) is 18.2 Å². The van der Waals surface area contributed by atoms with E-state index in [2.05, 4.69) is 10.4 Å². The molecule has 6 heteroatoms. The fourth-order valence-electron chi connectivity index (χ4n) is 2.68. The van der Waals surface area contributed by atoms with Gasteiger partial charge in [0.05, 0.1) is 16.6 Å². The normalized spacial score (nSPS) is 23.1. The lowest BCUT2D eigenvalue weighted by Crippen LogP contribution is -2.50. The molecule has 1 saturated heterocycles. The van der Waals surface area contributed by atoms with Crippen molar-refractivity contribution in [1.29, 1.82) is 0 Å². The van der Waals surface area contributed by atoms with Crippen LogP contribution in [0, 0.1) is 5.82 Å². The molecule has 0 spiro atoms. The minimum Gasteiger partial charge on any atom is -0.296 e. The van der Waals surface area contributed by atoms with E-state index in [-0.39, 0.29) is 25.5 Å². The molecule has 1 aliphatic rings. The van der Waals surface area contributed by atoms with E-state index < -0.39 is 5.41 Å². The molecule has 1 aromatic heterocycles. The Labute approximate surface area is 116 Å². The molecule has 2 aromatic rings. The number of rotatable bonds is 1. The first kappa shape index (κ1) is 12.8. The van der Waals surface area contributed by atoms with Gasteiger partial charge in [0.1, 0.15) is 5.82 Å². The Morgan fingerprint density at radius 3 is 2.90 bits per heavy atom. The zero-order chi connectivity index (χ0) is 14.5. The lowest BCUT2D eigenvalue weighted by atomic mass is 9.77. The predicted molar refractivity (Wildman–Crippen MR) is 72.5 cm³/mol. The summed E-state index contributed by atoms with van der Waals surface area (Å²) in [6.07, 6.45) is 0.635. The first-order chi connectivity index (χ1) is 9.41. The van der Waals surface area contributed by atoms with Crippen LogP contribution in [0.1, 0.15) is 26.9 Å². The Morgan fingerprint density at radius 1 is 1.45 bits per heavy atom. The summed E-state index contributed by atoms with van der Waals surface area (Å²) >= 11 is 0. The summed E-state index contributed by atoms with van der Waals surface area (Å²) in [7, 11) is 1.75. The van der Waals surface area contributed by atoms with Gasteiger partial charge in [0.25, 0.3) is 0 Å². The molecule has 2 amide bonds. The molecule has 0 bridgehead atoms. The second kappa shape index (κ2) is 4.13. The van der Waals surface area contributed by atoms with Crippen LogP contribution in [0.3, 0.4) is 0 Å². The van der Waals surface area contributed by atoms with Gasteiger partial charge in [-0.15, -0.1) is 0 Å². The van der Waals surface area contributed by atoms with Crippen LogP contribution in [0.4, 0.5) is 4.39 Å². The summed E-state index contributed by atoms with van der Waals surface area (Å²) < 4.78 is 15.1. The van der Waals surface area contributed by atoms with E-state index in [1.54, 1.807) is 24.7 Å². The van der Waals surface area contributed by atoms with Crippen molar-refractivity contribution >= 4 is 22.7 Å². The second-order valence-corrected chi connectivity index (χ2v) is 5.34. The zero-order valence-electron chi connectivity index (χ0n) is 11.2. The van der Waals surface area contributed by atoms with Crippen LogP contribution in [-0.4, -0.2) is 21.6 Å². The maximum absolute atomic E-state index is 13.5. The number of carbonyl (C=O) groups is 2. The highest BCUT2D eigenvalue weighted by Crippen LogP contribution is 2.35. The third kappa shape index (κ3) is 1.71. The molecule has 0 radical (unpaired) electrons. The van der Waals surface area contributed by atoms with Crippen molar-refractivity contribution in [3.63, 3.8) is 0 Å². The molecular weight excluding hydrogens is 261 g/mol. The van der Waals surface area contributed by atoms with Crippen molar-refractivity contribution in [2.75, 3.05) is 0 Å². The number of aromatic nitrogens is 2. The van der Waals surface area contributed by atoms with E-state index in [0.717, 1.165) is 5.52 Å². The molecule has 1 aliphatic heterocycles. The smallest absolute Gasteiger partial charge is 0.238 e. The minimum absolute atomic E-state index is 0. The molecule has 106 valence electrons. The number of benzene rings is 1. The standard InChI is InChI=1S/C14H14FN3O2.H2/c1-14(6-5-11(19)16-13(14)20)12-9-7-8(15)3-4-10(9)18(2)17-12;/h3-4,7H,5-6H2,1-2H3,(H,16,19,20);1H/t14-;/m1./s1. The molecule has 0 saturated carbocycles. The summed E-state index contributed by atoms with van der Waals surface area (Å²) in [6, 6.07) is 4.38. The molecule has 0 aliphatic carbocycles. The number of nitrogens with zero attached hydrogens (tertiary/aromatic N) is 2. The van der Waals surface area contributed by atoms with E-state index in [4.69, 9.17) is 0 Å². The van der Waals surface area contributed by atoms with E-state index >= 15 is 0 Å². The molecule has 1 N–H and O–H groups in total. The third-order valence-corrected chi connectivity index (χ3v) is 3.94. The van der Waals surface area contributed by atoms with Gasteiger partial charge in [0.2, 0.25) is 11.8 Å². The van der Waals surface area contributed by atoms with Crippen molar-refractivity contribution in [2.45, 2.75) is 25.2 Å². The first-order valence-corrected chi connectivity index (χ1v) is 6.39. The van der Waals surface area contributed by atoms with Gasteiger partial charge >= 0.3 is 0 Å². The number of halogens is 1. The molecule has 5 nitrogen and oxygen atoms in total. The van der Waals surface area contributed by atoms with Gasteiger partial charge in [-0.2, -0.15) is 5.10 Å². The number of hydrogen-bond acceptors (Lipinski definition) is 3. The van der Waals surface area contributed by atoms with Gasteiger partial charge in [-0.3, -0.25) is 19.6 Å². The van der Waals surface area contributed by atoms with Gasteiger partial charge in [0.15, 0.2) is 0 Å². The topological polar surface area (TPSA) is 64.0 Å². The van der Waals surface area contributed by atoms with Crippen molar-refractivity contribution in [3.05, 3.63) is 29.7 Å². The summed E-state index contributed by atoms with van der Waals surface area (Å²) in [6.45, 7) is 1.74. The maximum atomic E-state index is 13.5. The van der Waals surface area contributed by atoms with Gasteiger partial charge < -0.3 is 0 Å². The highest BCUT2D eigenvalue weighted by atomic mass is 19.1. The molecule has 1 aromatic carbocycles. The summed E-state index contributed by atoms with van der Waals surface area (Å²) in [5, 5.41) is 7.33. The first-order valence-electron chi connectivity index (χ1n) is 6.39. The molecular formula is C14H16FN3O2. The van der Waals surface area contributed by atoms with Gasteiger partial charge in [-0.1, -0.05) is 0 Å². The minimum atomic E-state index is -0.915. The number of hydrogen-bond donors (Lipinski definition) is 1. The average molecular weight is 277 g/mol. The summed E-state index contributed by atoms with van der Waals surface area (Å²) in [5.74, 6) is -1.03. The fourth-order valence-corrected chi connectivity index (χ4v) is 2.68. The van der Waals surface area contributed by atoms with Gasteiger partial charge in [0, 0.05) is 20.3 Å². The Bertz CT molecular complexity index is 743. The Hall–Kier alpha value is -2.24. The number of carbonyl (C=O) groups excluding carboxylic acids is 2. The molecule has 20 heavy (non-hydrogen) atoms. The van der Waals surface area contributed by atoms with Crippen LogP contribution >= 0.6 is 0 Å². The van der Waals surface area contributed by atoms with Crippen molar-refractivity contribution in [2.24, 2.45) is 7.05 Å². The van der Waals surface area contributed by atoms with Crippen molar-refractivity contribution < 1.29 is 15.4 Å². The number of nitrogens with one attached hydrogen (secondary N) is 1. The molecule has 3 rings (SSSR count). The van der Waals surface area contributed by atoms with Crippen LogP contribution < -0.4 is 5.32 Å². The second-order valence-electron chi connectivity index (χ2n) is 5.34. The largest absolute Gasteiger partial charge is 0.296 e. The summed E-state index contributed by atoms with van der Waals surface area (Å²) in [4.78, 5) is 23.5. The van der Waals surface area contributed by atoms with Gasteiger partial charge in [-0.05, 0) is 31.5 Å². The molecule has 2 heterocycles. The van der Waals surface area contributed by atoms with E-state index in [0.29, 0.717) is 17.5 Å². The number of aryl methyl sites for hydroxylation is 1. The van der Waals surface area contributed by atoms with Crippen LogP contribution in [0.25, 0.3) is 10.9 Å². The molecule has 0 unspecified atom stereocenters. The van der Waals surface area contributed by atoms with E-state index in [1.807, 2.05) is 0 Å². The highest BCUT2D eigenvalue weighted by Gasteiger charge is 2.43. The number of amides is 2. The lowest BCUT2D eigenvalue weighted by Gasteiger charge is -2.30. The average Bonchev–Trinajstić information content (AvgIpc) is 2.72. The number of fused-ring (bicyclic) bond motifs is 1. The van der Waals surface area contributed by atoms with E-state index in [1.165, 1.54) is 12.1 Å². The third-order valence-electron chi connectivity index (χ3n) is 3.94. The summed E-state index contributed by atoms with van der Waals surface area (Å²) in [5.41, 5.74) is 0.355. The lowest BCUT2D eigenvalue weighted by molar-refractivity contribution is -0.137. The number of imide groups is 1. The van der Waals surface area contributed by atoms with Crippen LogP contribution in [0.5, 0.6) is 0 Å². The quantitative estimate of drug-likeness (QED) is 0.806. The molecule has 1 atom stereocenters. The predicted octanol–water partition coefficient (Wildman–Crippen LogP) is 1.65. The Morgan fingerprint density at radius 2 is 2.20 bits per heavy atom. The van der Waals surface area contributed by atoms with Crippen LogP contribution in [-0.2, 0) is 22.1 Å². The zero-order valence-corrected chi connectivity index (χ0v) is 11.2. The number of piperidine rings is 1. The van der Waals surface area contributed by atoms with Gasteiger partial charge in [-0.25, -0.2) is 4.39 Å². The molecule has 1 fully saturated rings. The monoisotopic (exact) mass is 277 g/mol. The fraction of sp³-hybridized carbons (Fsp3) is 0.357. The maximum Gasteiger partial charge on any atom is 0.238 e. The van der Waals surface area contributed by atoms with Crippen molar-refractivity contribution in [3.8, 4) is 0 Å². The van der Waals surface area contributed by atoms with Crippen LogP contribution in [0.2, 0.25) is 0 Å². The Kier molecular flexibility index (Phi) is 2.64. The SMILES string of the molecule is Cn1nc([C@@]2(C)CCC(=O)NC2=O)c2cc(F)ccc21.[HH]. The van der Waals surface area contributed by atoms with E-state index in [9.17, 15) is 14.0 Å². The highest BCUT2D eigenvalue weighted by molar-refractivity contribution is 6.04.